The Kier molecular flexibility index (Phi) is 5.03. The minimum Gasteiger partial charge on any atom is -0.322 e. The summed E-state index contributed by atoms with van der Waals surface area (Å²) in [5, 5.41) is 2.89. The van der Waals surface area contributed by atoms with Crippen molar-refractivity contribution in [2.75, 3.05) is 5.32 Å². The van der Waals surface area contributed by atoms with Gasteiger partial charge in [0.15, 0.2) is 0 Å². The van der Waals surface area contributed by atoms with E-state index in [4.69, 9.17) is 0 Å². The predicted octanol–water partition coefficient (Wildman–Crippen LogP) is 5.38. The predicted molar refractivity (Wildman–Crippen MR) is 93.7 cm³/mol. The maximum Gasteiger partial charge on any atom is 0.256 e. The molecule has 98 valence electrons. The van der Waals surface area contributed by atoms with Crippen LogP contribution >= 0.6 is 54.5 Å². The lowest BCUT2D eigenvalue weighted by molar-refractivity contribution is 0.102. The topological polar surface area (TPSA) is 29.1 Å². The molecule has 0 aliphatic carbocycles. The Hall–Kier alpha value is -0.400. The summed E-state index contributed by atoms with van der Waals surface area (Å²) in [7, 11) is 0. The molecular weight excluding hydrogens is 485 g/mol. The lowest BCUT2D eigenvalue weighted by Crippen LogP contribution is -2.12. The number of benzene rings is 2. The van der Waals surface area contributed by atoms with Crippen LogP contribution in [0.3, 0.4) is 0 Å². The fraction of sp³-hybridized carbons (Fsp3) is 0.0714. The summed E-state index contributed by atoms with van der Waals surface area (Å²) in [6.07, 6.45) is 0. The van der Waals surface area contributed by atoms with Crippen LogP contribution < -0.4 is 5.32 Å². The van der Waals surface area contributed by atoms with E-state index in [9.17, 15) is 4.79 Å². The molecule has 19 heavy (non-hydrogen) atoms. The third kappa shape index (κ3) is 3.79. The Morgan fingerprint density at radius 3 is 2.53 bits per heavy atom. The molecule has 2 nitrogen and oxygen atoms in total. The molecular formula is C14H10Br2INO. The molecule has 0 saturated carbocycles. The number of amides is 1. The van der Waals surface area contributed by atoms with Gasteiger partial charge in [-0.05, 0) is 91.7 Å². The third-order valence-corrected chi connectivity index (χ3v) is 5.57. The van der Waals surface area contributed by atoms with Gasteiger partial charge in [0.1, 0.15) is 0 Å². The third-order valence-electron chi connectivity index (χ3n) is 2.54. The minimum absolute atomic E-state index is 0.122. The molecule has 0 fully saturated rings. The molecule has 0 spiro atoms. The molecule has 2 rings (SSSR count). The van der Waals surface area contributed by atoms with E-state index in [1.807, 2.05) is 43.3 Å². The fourth-order valence-electron chi connectivity index (χ4n) is 1.59. The van der Waals surface area contributed by atoms with Crippen LogP contribution in [-0.2, 0) is 0 Å². The highest BCUT2D eigenvalue weighted by molar-refractivity contribution is 14.1. The maximum absolute atomic E-state index is 12.2. The minimum atomic E-state index is -0.122. The van der Waals surface area contributed by atoms with Crippen LogP contribution in [-0.4, -0.2) is 5.91 Å². The first kappa shape index (κ1) is 15.0. The van der Waals surface area contributed by atoms with Gasteiger partial charge in [-0.3, -0.25) is 4.79 Å². The summed E-state index contributed by atoms with van der Waals surface area (Å²) in [6.45, 7) is 1.96. The number of carbonyl (C=O) groups excluding carboxylic acids is 1. The fourth-order valence-corrected chi connectivity index (χ4v) is 2.73. The van der Waals surface area contributed by atoms with Crippen molar-refractivity contribution in [3.63, 3.8) is 0 Å². The molecule has 2 aromatic rings. The van der Waals surface area contributed by atoms with Gasteiger partial charge in [0.25, 0.3) is 5.91 Å². The normalized spacial score (nSPS) is 10.3. The highest BCUT2D eigenvalue weighted by Crippen LogP contribution is 2.24. The first-order chi connectivity index (χ1) is 8.97. The molecule has 0 bridgehead atoms. The van der Waals surface area contributed by atoms with Gasteiger partial charge in [-0.15, -0.1) is 0 Å². The van der Waals surface area contributed by atoms with E-state index in [2.05, 4.69) is 59.8 Å². The van der Waals surface area contributed by atoms with Crippen molar-refractivity contribution in [3.05, 3.63) is 60.0 Å². The summed E-state index contributed by atoms with van der Waals surface area (Å²) < 4.78 is 2.86. The zero-order chi connectivity index (χ0) is 14.0. The van der Waals surface area contributed by atoms with Gasteiger partial charge < -0.3 is 5.32 Å². The van der Waals surface area contributed by atoms with E-state index in [1.165, 1.54) is 0 Å². The van der Waals surface area contributed by atoms with Crippen LogP contribution in [0.25, 0.3) is 0 Å². The number of aryl methyl sites for hydroxylation is 1. The molecule has 1 amide bonds. The van der Waals surface area contributed by atoms with Crippen LogP contribution in [0.5, 0.6) is 0 Å². The van der Waals surface area contributed by atoms with Gasteiger partial charge in [0.05, 0.1) is 5.56 Å². The SMILES string of the molecule is Cc1ccc(Br)c(C(=O)Nc2ccc(I)c(Br)c2)c1. The molecule has 0 radical (unpaired) electrons. The van der Waals surface area contributed by atoms with Crippen molar-refractivity contribution >= 4 is 66.0 Å². The van der Waals surface area contributed by atoms with Crippen molar-refractivity contribution in [2.45, 2.75) is 6.92 Å². The van der Waals surface area contributed by atoms with Crippen LogP contribution in [0.4, 0.5) is 5.69 Å². The average Bonchev–Trinajstić information content (AvgIpc) is 2.36. The van der Waals surface area contributed by atoms with E-state index in [1.54, 1.807) is 0 Å². The van der Waals surface area contributed by atoms with Crippen molar-refractivity contribution in [1.29, 1.82) is 0 Å². The standard InChI is InChI=1S/C14H10Br2INO/c1-8-2-4-11(15)10(6-8)14(19)18-9-3-5-13(17)12(16)7-9/h2-7H,1H3,(H,18,19). The van der Waals surface area contributed by atoms with Crippen molar-refractivity contribution in [1.82, 2.24) is 0 Å². The van der Waals surface area contributed by atoms with Gasteiger partial charge in [0, 0.05) is 18.2 Å². The maximum atomic E-state index is 12.2. The molecule has 0 aliphatic heterocycles. The summed E-state index contributed by atoms with van der Waals surface area (Å²) in [4.78, 5) is 12.2. The lowest BCUT2D eigenvalue weighted by atomic mass is 10.1. The second-order valence-electron chi connectivity index (χ2n) is 4.07. The van der Waals surface area contributed by atoms with Gasteiger partial charge in [-0.2, -0.15) is 0 Å². The summed E-state index contributed by atoms with van der Waals surface area (Å²) in [6, 6.07) is 11.4. The number of anilines is 1. The molecule has 0 aliphatic rings. The van der Waals surface area contributed by atoms with Crippen molar-refractivity contribution < 1.29 is 4.79 Å². The van der Waals surface area contributed by atoms with Crippen molar-refractivity contribution in [3.8, 4) is 0 Å². The first-order valence-electron chi connectivity index (χ1n) is 5.50. The Bertz CT molecular complexity index is 643. The second-order valence-corrected chi connectivity index (χ2v) is 6.94. The molecule has 1 N–H and O–H groups in total. The molecule has 5 heteroatoms. The van der Waals surface area contributed by atoms with Gasteiger partial charge >= 0.3 is 0 Å². The van der Waals surface area contributed by atoms with Crippen LogP contribution in [0, 0.1) is 10.5 Å². The van der Waals surface area contributed by atoms with Crippen LogP contribution in [0.15, 0.2) is 45.3 Å². The number of hydrogen-bond donors (Lipinski definition) is 1. The monoisotopic (exact) mass is 493 g/mol. The van der Waals surface area contributed by atoms with Gasteiger partial charge in [-0.25, -0.2) is 0 Å². The number of carbonyl (C=O) groups is 1. The Morgan fingerprint density at radius 2 is 1.84 bits per heavy atom. The summed E-state index contributed by atoms with van der Waals surface area (Å²) in [5.41, 5.74) is 2.46. The Labute approximate surface area is 142 Å². The van der Waals surface area contributed by atoms with E-state index < -0.39 is 0 Å². The number of rotatable bonds is 2. The van der Waals surface area contributed by atoms with Crippen LogP contribution in [0.1, 0.15) is 15.9 Å². The van der Waals surface area contributed by atoms with E-state index in [-0.39, 0.29) is 5.91 Å². The zero-order valence-corrected chi connectivity index (χ0v) is 15.3. The van der Waals surface area contributed by atoms with E-state index >= 15 is 0 Å². The smallest absolute Gasteiger partial charge is 0.256 e. The number of halogens is 3. The van der Waals surface area contributed by atoms with E-state index in [0.29, 0.717) is 5.56 Å². The quantitative estimate of drug-likeness (QED) is 0.558. The van der Waals surface area contributed by atoms with Crippen LogP contribution in [0.2, 0.25) is 0 Å². The molecule has 0 saturated heterocycles. The largest absolute Gasteiger partial charge is 0.322 e. The zero-order valence-electron chi connectivity index (χ0n) is 10.0. The molecule has 0 aromatic heterocycles. The van der Waals surface area contributed by atoms with Gasteiger partial charge in [-0.1, -0.05) is 11.6 Å². The number of hydrogen-bond acceptors (Lipinski definition) is 1. The highest BCUT2D eigenvalue weighted by Gasteiger charge is 2.11. The average molecular weight is 495 g/mol. The number of nitrogens with one attached hydrogen (secondary N) is 1. The molecule has 0 atom stereocenters. The summed E-state index contributed by atoms with van der Waals surface area (Å²) in [5.74, 6) is -0.122. The molecule has 2 aromatic carbocycles. The van der Waals surface area contributed by atoms with Gasteiger partial charge in [0.2, 0.25) is 0 Å². The summed E-state index contributed by atoms with van der Waals surface area (Å²) >= 11 is 9.08. The lowest BCUT2D eigenvalue weighted by Gasteiger charge is -2.08. The molecule has 0 unspecified atom stereocenters. The van der Waals surface area contributed by atoms with Crippen molar-refractivity contribution in [2.24, 2.45) is 0 Å². The highest BCUT2D eigenvalue weighted by atomic mass is 127. The first-order valence-corrected chi connectivity index (χ1v) is 8.16. The Balaban J connectivity index is 2.25. The molecule has 0 heterocycles. The second kappa shape index (κ2) is 6.37. The van der Waals surface area contributed by atoms with E-state index in [0.717, 1.165) is 23.8 Å². The Morgan fingerprint density at radius 1 is 1.11 bits per heavy atom.